The van der Waals surface area contributed by atoms with Gasteiger partial charge in [0.1, 0.15) is 5.82 Å². The molecule has 1 amide bonds. The Labute approximate surface area is 115 Å². The van der Waals surface area contributed by atoms with E-state index < -0.39 is 0 Å². The van der Waals surface area contributed by atoms with Gasteiger partial charge in [-0.25, -0.2) is 9.37 Å². The number of carbonyl (C=O) groups is 1. The molecule has 4 nitrogen and oxygen atoms in total. The van der Waals surface area contributed by atoms with Crippen molar-refractivity contribution in [2.24, 2.45) is 0 Å². The topological polar surface area (TPSA) is 46.9 Å². The summed E-state index contributed by atoms with van der Waals surface area (Å²) in [6.45, 7) is 0.499. The zero-order valence-electron chi connectivity index (χ0n) is 10.9. The third-order valence-electron chi connectivity index (χ3n) is 3.98. The van der Waals surface area contributed by atoms with Crippen LogP contribution < -0.4 is 5.32 Å². The molecule has 5 heteroatoms. The van der Waals surface area contributed by atoms with Gasteiger partial charge in [-0.15, -0.1) is 0 Å². The van der Waals surface area contributed by atoms with Gasteiger partial charge in [-0.05, 0) is 31.4 Å². The Morgan fingerprint density at radius 2 is 2.20 bits per heavy atom. The number of hydrogen-bond acceptors (Lipinski definition) is 2. The molecule has 4 rings (SSSR count). The van der Waals surface area contributed by atoms with Crippen LogP contribution in [0, 0.1) is 5.82 Å². The maximum absolute atomic E-state index is 14.2. The predicted octanol–water partition coefficient (Wildman–Crippen LogP) is 2.17. The number of benzene rings is 1. The molecule has 2 aromatic rings. The van der Waals surface area contributed by atoms with E-state index in [4.69, 9.17) is 0 Å². The number of rotatable bonds is 2. The summed E-state index contributed by atoms with van der Waals surface area (Å²) in [5.74, 6) is 0.0468. The van der Waals surface area contributed by atoms with Crippen LogP contribution in [0.3, 0.4) is 0 Å². The number of amides is 1. The van der Waals surface area contributed by atoms with Crippen molar-refractivity contribution in [2.45, 2.75) is 25.2 Å². The van der Waals surface area contributed by atoms with Crippen molar-refractivity contribution in [1.82, 2.24) is 14.9 Å². The number of fused-ring (bicyclic) bond motifs is 1. The zero-order valence-corrected chi connectivity index (χ0v) is 10.9. The van der Waals surface area contributed by atoms with Gasteiger partial charge in [0.2, 0.25) is 0 Å². The number of carbonyl (C=O) groups excluding carboxylic acids is 1. The molecular weight excluding hydrogens is 257 g/mol. The highest BCUT2D eigenvalue weighted by Crippen LogP contribution is 2.39. The minimum atomic E-state index is -0.311. The quantitative estimate of drug-likeness (QED) is 0.910. The fourth-order valence-corrected chi connectivity index (χ4v) is 2.69. The molecule has 0 bridgehead atoms. The second kappa shape index (κ2) is 4.16. The lowest BCUT2D eigenvalue weighted by molar-refractivity contribution is 0.0945. The minimum absolute atomic E-state index is 0.200. The van der Waals surface area contributed by atoms with Crippen molar-refractivity contribution in [3.63, 3.8) is 0 Å². The Kier molecular flexibility index (Phi) is 2.42. The summed E-state index contributed by atoms with van der Waals surface area (Å²) < 4.78 is 15.9. The summed E-state index contributed by atoms with van der Waals surface area (Å²) in [7, 11) is 0. The van der Waals surface area contributed by atoms with Crippen LogP contribution in [0.25, 0.3) is 5.69 Å². The second-order valence-corrected chi connectivity index (χ2v) is 5.44. The molecule has 0 spiro atoms. The Morgan fingerprint density at radius 1 is 1.35 bits per heavy atom. The van der Waals surface area contributed by atoms with Gasteiger partial charge in [-0.3, -0.25) is 4.79 Å². The molecule has 0 unspecified atom stereocenters. The first kappa shape index (κ1) is 11.6. The number of nitrogens with one attached hydrogen (secondary N) is 1. The van der Waals surface area contributed by atoms with E-state index in [1.165, 1.54) is 18.9 Å². The van der Waals surface area contributed by atoms with Crippen LogP contribution in [0.2, 0.25) is 0 Å². The van der Waals surface area contributed by atoms with Crippen LogP contribution in [-0.2, 0) is 6.42 Å². The first-order valence-corrected chi connectivity index (χ1v) is 6.87. The summed E-state index contributed by atoms with van der Waals surface area (Å²) in [6, 6.07) is 3.22. The van der Waals surface area contributed by atoms with Gasteiger partial charge < -0.3 is 9.88 Å². The van der Waals surface area contributed by atoms with Gasteiger partial charge in [0, 0.05) is 29.8 Å². The highest BCUT2D eigenvalue weighted by atomic mass is 19.1. The largest absolute Gasteiger partial charge is 0.352 e. The molecule has 1 aliphatic heterocycles. The van der Waals surface area contributed by atoms with Gasteiger partial charge in [-0.1, -0.05) is 0 Å². The number of imidazole rings is 1. The number of hydrogen-bond donors (Lipinski definition) is 1. The van der Waals surface area contributed by atoms with Crippen molar-refractivity contribution in [3.8, 4) is 5.69 Å². The summed E-state index contributed by atoms with van der Waals surface area (Å²) in [4.78, 5) is 16.2. The fourth-order valence-electron chi connectivity index (χ4n) is 2.69. The molecule has 1 aliphatic carbocycles. The Balaban J connectivity index is 1.79. The van der Waals surface area contributed by atoms with E-state index in [-0.39, 0.29) is 11.7 Å². The maximum atomic E-state index is 14.2. The van der Waals surface area contributed by atoms with Crippen LogP contribution in [0.5, 0.6) is 0 Å². The van der Waals surface area contributed by atoms with Gasteiger partial charge >= 0.3 is 0 Å². The molecule has 1 saturated carbocycles. The molecule has 1 aromatic carbocycles. The van der Waals surface area contributed by atoms with Crippen molar-refractivity contribution in [2.75, 3.05) is 6.54 Å². The van der Waals surface area contributed by atoms with Crippen molar-refractivity contribution in [1.29, 1.82) is 0 Å². The predicted molar refractivity (Wildman–Crippen MR) is 71.5 cm³/mol. The van der Waals surface area contributed by atoms with Crippen molar-refractivity contribution < 1.29 is 9.18 Å². The third-order valence-corrected chi connectivity index (χ3v) is 3.98. The third kappa shape index (κ3) is 1.81. The number of nitrogens with zero attached hydrogens (tertiary/aromatic N) is 2. The molecule has 1 N–H and O–H groups in total. The van der Waals surface area contributed by atoms with E-state index in [0.717, 1.165) is 5.69 Å². The Hall–Kier alpha value is -2.17. The highest BCUT2D eigenvalue weighted by Gasteiger charge is 2.26. The molecule has 2 heterocycles. The summed E-state index contributed by atoms with van der Waals surface area (Å²) in [5.41, 5.74) is 2.65. The van der Waals surface area contributed by atoms with Gasteiger partial charge in [0.05, 0.1) is 17.7 Å². The first-order chi connectivity index (χ1) is 9.72. The van der Waals surface area contributed by atoms with Crippen LogP contribution in [0.4, 0.5) is 4.39 Å². The van der Waals surface area contributed by atoms with E-state index in [9.17, 15) is 9.18 Å². The molecule has 20 heavy (non-hydrogen) atoms. The molecular formula is C15H14FN3O. The first-order valence-electron chi connectivity index (χ1n) is 6.87. The number of aromatic nitrogens is 2. The SMILES string of the molecule is O=C1NCCc2c(F)cc(-n3cnc(C4CC4)c3)cc21. The van der Waals surface area contributed by atoms with E-state index in [0.29, 0.717) is 35.7 Å². The lowest BCUT2D eigenvalue weighted by Gasteiger charge is -2.18. The van der Waals surface area contributed by atoms with Crippen LogP contribution in [0.1, 0.15) is 40.4 Å². The zero-order chi connectivity index (χ0) is 13.7. The summed E-state index contributed by atoms with van der Waals surface area (Å²) >= 11 is 0. The van der Waals surface area contributed by atoms with Crippen molar-refractivity contribution >= 4 is 5.91 Å². The average Bonchev–Trinajstić information content (AvgIpc) is 3.17. The smallest absolute Gasteiger partial charge is 0.251 e. The maximum Gasteiger partial charge on any atom is 0.251 e. The van der Waals surface area contributed by atoms with Crippen LogP contribution in [-0.4, -0.2) is 22.0 Å². The Morgan fingerprint density at radius 3 is 3.00 bits per heavy atom. The van der Waals surface area contributed by atoms with Crippen LogP contribution >= 0.6 is 0 Å². The van der Waals surface area contributed by atoms with Crippen molar-refractivity contribution in [3.05, 3.63) is 47.3 Å². The monoisotopic (exact) mass is 271 g/mol. The molecule has 0 saturated heterocycles. The molecule has 0 atom stereocenters. The lowest BCUT2D eigenvalue weighted by Crippen LogP contribution is -2.32. The lowest BCUT2D eigenvalue weighted by atomic mass is 9.99. The van der Waals surface area contributed by atoms with Gasteiger partial charge in [0.15, 0.2) is 0 Å². The molecule has 0 radical (unpaired) electrons. The van der Waals surface area contributed by atoms with Gasteiger partial charge in [-0.2, -0.15) is 0 Å². The molecule has 1 fully saturated rings. The average molecular weight is 271 g/mol. The van der Waals surface area contributed by atoms with E-state index in [2.05, 4.69) is 10.3 Å². The highest BCUT2D eigenvalue weighted by molar-refractivity contribution is 5.97. The van der Waals surface area contributed by atoms with E-state index in [1.54, 1.807) is 17.0 Å². The number of halogens is 1. The standard InChI is InChI=1S/C15H14FN3O/c16-13-6-10(5-12-11(13)3-4-17-15(12)20)19-7-14(18-8-19)9-1-2-9/h5-9H,1-4H2,(H,17,20). The van der Waals surface area contributed by atoms with E-state index in [1.807, 2.05) is 6.20 Å². The summed E-state index contributed by atoms with van der Waals surface area (Å²) in [5, 5.41) is 2.75. The van der Waals surface area contributed by atoms with Gasteiger partial charge in [0.25, 0.3) is 5.91 Å². The van der Waals surface area contributed by atoms with E-state index >= 15 is 0 Å². The summed E-state index contributed by atoms with van der Waals surface area (Å²) in [6.07, 6.45) is 6.52. The molecule has 2 aliphatic rings. The fraction of sp³-hybridized carbons (Fsp3) is 0.333. The molecule has 102 valence electrons. The van der Waals surface area contributed by atoms with Crippen LogP contribution in [0.15, 0.2) is 24.7 Å². The minimum Gasteiger partial charge on any atom is -0.352 e. The normalized spacial score (nSPS) is 17.8. The Bertz CT molecular complexity index is 703. The molecule has 1 aromatic heterocycles. The second-order valence-electron chi connectivity index (χ2n) is 5.44.